The SMILES string of the molecule is CNC(=O)Nc1ccc(CCN2CCC(Nc3nc4ccccc4n3Cc3ccc(F)cc3)CC2)cc1. The number of hydrogen-bond acceptors (Lipinski definition) is 4. The van der Waals surface area contributed by atoms with Gasteiger partial charge in [0.15, 0.2) is 0 Å². The second-order valence-electron chi connectivity index (χ2n) is 9.55. The van der Waals surface area contributed by atoms with Crippen molar-refractivity contribution in [2.45, 2.75) is 31.8 Å². The first-order chi connectivity index (χ1) is 18.1. The van der Waals surface area contributed by atoms with E-state index in [2.05, 4.69) is 43.6 Å². The number of urea groups is 1. The van der Waals surface area contributed by atoms with Gasteiger partial charge < -0.3 is 25.4 Å². The molecule has 0 unspecified atom stereocenters. The van der Waals surface area contributed by atoms with Crippen molar-refractivity contribution in [1.29, 1.82) is 0 Å². The summed E-state index contributed by atoms with van der Waals surface area (Å²) in [6, 6.07) is 23.0. The van der Waals surface area contributed by atoms with Crippen molar-refractivity contribution < 1.29 is 9.18 Å². The average Bonchev–Trinajstić information content (AvgIpc) is 3.27. The molecule has 5 rings (SSSR count). The minimum atomic E-state index is -0.223. The van der Waals surface area contributed by atoms with E-state index in [-0.39, 0.29) is 11.8 Å². The van der Waals surface area contributed by atoms with E-state index in [1.54, 1.807) is 7.05 Å². The average molecular weight is 501 g/mol. The molecule has 4 aromatic rings. The van der Waals surface area contributed by atoms with E-state index in [4.69, 9.17) is 4.98 Å². The standard InChI is InChI=1S/C29H33FN6O/c1-31-29(37)33-24-12-8-21(9-13-24)14-17-35-18-15-25(16-19-35)32-28-34-26-4-2-3-5-27(26)36(28)20-22-6-10-23(30)11-7-22/h2-13,25H,14-20H2,1H3,(H,32,34)(H2,31,33,37). The smallest absolute Gasteiger partial charge is 0.318 e. The van der Waals surface area contributed by atoms with Crippen molar-refractivity contribution in [2.75, 3.05) is 37.3 Å². The number of carbonyl (C=O) groups is 1. The Morgan fingerprint density at radius 2 is 1.68 bits per heavy atom. The van der Waals surface area contributed by atoms with Crippen molar-refractivity contribution in [2.24, 2.45) is 0 Å². The molecule has 1 aromatic heterocycles. The molecule has 7 nitrogen and oxygen atoms in total. The van der Waals surface area contributed by atoms with Gasteiger partial charge >= 0.3 is 6.03 Å². The lowest BCUT2D eigenvalue weighted by molar-refractivity contribution is 0.221. The van der Waals surface area contributed by atoms with Crippen LogP contribution in [0, 0.1) is 5.82 Å². The number of nitrogens with one attached hydrogen (secondary N) is 3. The molecule has 0 saturated carbocycles. The third-order valence-corrected chi connectivity index (χ3v) is 6.98. The number of amides is 2. The summed E-state index contributed by atoms with van der Waals surface area (Å²) in [6.07, 6.45) is 3.08. The molecular formula is C29H33FN6O. The summed E-state index contributed by atoms with van der Waals surface area (Å²) in [5.41, 5.74) is 5.13. The molecule has 0 aliphatic carbocycles. The highest BCUT2D eigenvalue weighted by molar-refractivity contribution is 5.88. The second kappa shape index (κ2) is 11.4. The quantitative estimate of drug-likeness (QED) is 0.315. The number of imidazole rings is 1. The summed E-state index contributed by atoms with van der Waals surface area (Å²) >= 11 is 0. The van der Waals surface area contributed by atoms with Gasteiger partial charge in [0.2, 0.25) is 5.95 Å². The Hall–Kier alpha value is -3.91. The fraction of sp³-hybridized carbons (Fsp3) is 0.310. The number of piperidine rings is 1. The van der Waals surface area contributed by atoms with Gasteiger partial charge in [0.25, 0.3) is 0 Å². The number of carbonyl (C=O) groups excluding carboxylic acids is 1. The zero-order chi connectivity index (χ0) is 25.6. The molecular weight excluding hydrogens is 467 g/mol. The van der Waals surface area contributed by atoms with E-state index in [1.807, 2.05) is 42.5 Å². The summed E-state index contributed by atoms with van der Waals surface area (Å²) < 4.78 is 15.6. The van der Waals surface area contributed by atoms with Crippen molar-refractivity contribution in [3.05, 3.63) is 89.7 Å². The monoisotopic (exact) mass is 500 g/mol. The van der Waals surface area contributed by atoms with Gasteiger partial charge in [0.1, 0.15) is 5.82 Å². The number of rotatable bonds is 8. The van der Waals surface area contributed by atoms with Gasteiger partial charge in [0, 0.05) is 38.4 Å². The molecule has 3 N–H and O–H groups in total. The van der Waals surface area contributed by atoms with E-state index in [9.17, 15) is 9.18 Å². The maximum atomic E-state index is 13.4. The van der Waals surface area contributed by atoms with Gasteiger partial charge in [-0.3, -0.25) is 0 Å². The summed E-state index contributed by atoms with van der Waals surface area (Å²) in [5, 5.41) is 9.05. The maximum absolute atomic E-state index is 13.4. The van der Waals surface area contributed by atoms with Gasteiger partial charge in [-0.2, -0.15) is 0 Å². The van der Waals surface area contributed by atoms with Crippen LogP contribution >= 0.6 is 0 Å². The minimum Gasteiger partial charge on any atom is -0.353 e. The molecule has 0 radical (unpaired) electrons. The van der Waals surface area contributed by atoms with Crippen LogP contribution in [0.5, 0.6) is 0 Å². The lowest BCUT2D eigenvalue weighted by Crippen LogP contribution is -2.40. The Labute approximate surface area is 216 Å². The highest BCUT2D eigenvalue weighted by Crippen LogP contribution is 2.24. The van der Waals surface area contributed by atoms with Gasteiger partial charge in [-0.1, -0.05) is 36.4 Å². The molecule has 3 aromatic carbocycles. The highest BCUT2D eigenvalue weighted by Gasteiger charge is 2.21. The largest absolute Gasteiger partial charge is 0.353 e. The van der Waals surface area contributed by atoms with E-state index in [0.29, 0.717) is 12.6 Å². The molecule has 192 valence electrons. The van der Waals surface area contributed by atoms with E-state index < -0.39 is 0 Å². The lowest BCUT2D eigenvalue weighted by Gasteiger charge is -2.32. The number of anilines is 2. The molecule has 0 bridgehead atoms. The predicted octanol–water partition coefficient (Wildman–Crippen LogP) is 5.09. The van der Waals surface area contributed by atoms with Crippen LogP contribution in [0.1, 0.15) is 24.0 Å². The minimum absolute atomic E-state index is 0.213. The van der Waals surface area contributed by atoms with Crippen molar-refractivity contribution in [1.82, 2.24) is 19.8 Å². The van der Waals surface area contributed by atoms with Crippen LogP contribution in [-0.4, -0.2) is 53.2 Å². The first-order valence-corrected chi connectivity index (χ1v) is 12.8. The Bertz CT molecular complexity index is 1330. The molecule has 2 heterocycles. The van der Waals surface area contributed by atoms with Gasteiger partial charge in [-0.25, -0.2) is 14.2 Å². The van der Waals surface area contributed by atoms with Crippen molar-refractivity contribution in [3.8, 4) is 0 Å². The maximum Gasteiger partial charge on any atom is 0.318 e. The number of para-hydroxylation sites is 2. The molecule has 2 amide bonds. The fourth-order valence-corrected chi connectivity index (χ4v) is 4.84. The zero-order valence-corrected chi connectivity index (χ0v) is 21.1. The third-order valence-electron chi connectivity index (χ3n) is 6.98. The Balaban J connectivity index is 1.16. The number of halogens is 1. The van der Waals surface area contributed by atoms with Crippen molar-refractivity contribution >= 4 is 28.7 Å². The molecule has 1 aliphatic rings. The summed E-state index contributed by atoms with van der Waals surface area (Å²) in [6.45, 7) is 3.72. The molecule has 0 spiro atoms. The third kappa shape index (κ3) is 6.27. The predicted molar refractivity (Wildman–Crippen MR) is 147 cm³/mol. The number of hydrogen-bond donors (Lipinski definition) is 3. The summed E-state index contributed by atoms with van der Waals surface area (Å²) in [4.78, 5) is 18.8. The highest BCUT2D eigenvalue weighted by atomic mass is 19.1. The van der Waals surface area contributed by atoms with Gasteiger partial charge in [-0.05, 0) is 66.8 Å². The molecule has 37 heavy (non-hydrogen) atoms. The summed E-state index contributed by atoms with van der Waals surface area (Å²) in [7, 11) is 1.60. The number of likely N-dealkylation sites (tertiary alicyclic amines) is 1. The number of fused-ring (bicyclic) bond motifs is 1. The van der Waals surface area contributed by atoms with Crippen LogP contribution in [0.15, 0.2) is 72.8 Å². The van der Waals surface area contributed by atoms with Gasteiger partial charge in [0.05, 0.1) is 17.6 Å². The Kier molecular flexibility index (Phi) is 7.65. The number of benzene rings is 3. The van der Waals surface area contributed by atoms with Crippen LogP contribution in [-0.2, 0) is 13.0 Å². The van der Waals surface area contributed by atoms with E-state index in [1.165, 1.54) is 17.7 Å². The Morgan fingerprint density at radius 1 is 0.973 bits per heavy atom. The van der Waals surface area contributed by atoms with E-state index >= 15 is 0 Å². The molecule has 1 saturated heterocycles. The topological polar surface area (TPSA) is 74.2 Å². The first-order valence-electron chi connectivity index (χ1n) is 12.8. The Morgan fingerprint density at radius 3 is 2.41 bits per heavy atom. The molecule has 1 fully saturated rings. The molecule has 8 heteroatoms. The van der Waals surface area contributed by atoms with Gasteiger partial charge in [-0.15, -0.1) is 0 Å². The van der Waals surface area contributed by atoms with Crippen LogP contribution < -0.4 is 16.0 Å². The molecule has 0 atom stereocenters. The van der Waals surface area contributed by atoms with Crippen LogP contribution in [0.2, 0.25) is 0 Å². The van der Waals surface area contributed by atoms with Crippen molar-refractivity contribution in [3.63, 3.8) is 0 Å². The normalized spacial score (nSPS) is 14.5. The van der Waals surface area contributed by atoms with Crippen LogP contribution in [0.3, 0.4) is 0 Å². The van der Waals surface area contributed by atoms with Crippen LogP contribution in [0.25, 0.3) is 11.0 Å². The lowest BCUT2D eigenvalue weighted by atomic mass is 10.0. The number of aromatic nitrogens is 2. The van der Waals surface area contributed by atoms with Crippen LogP contribution in [0.4, 0.5) is 20.8 Å². The first kappa shape index (κ1) is 24.8. The number of nitrogens with zero attached hydrogens (tertiary/aromatic N) is 3. The molecule has 1 aliphatic heterocycles. The summed E-state index contributed by atoms with van der Waals surface area (Å²) in [5.74, 6) is 0.647. The van der Waals surface area contributed by atoms with E-state index in [0.717, 1.165) is 67.1 Å². The second-order valence-corrected chi connectivity index (χ2v) is 9.55. The fourth-order valence-electron chi connectivity index (χ4n) is 4.84. The zero-order valence-electron chi connectivity index (χ0n) is 21.1.